The Bertz CT molecular complexity index is 1220. The number of hydrogen-bond acceptors (Lipinski definition) is 5. The lowest BCUT2D eigenvalue weighted by Crippen LogP contribution is -2.13. The Balaban J connectivity index is 2.08. The van der Waals surface area contributed by atoms with Gasteiger partial charge in [0.25, 0.3) is 0 Å². The average molecular weight is 502 g/mol. The van der Waals surface area contributed by atoms with Gasteiger partial charge in [-0.1, -0.05) is 34.1 Å². The lowest BCUT2D eigenvalue weighted by atomic mass is 10.2. The van der Waals surface area contributed by atoms with Gasteiger partial charge in [-0.25, -0.2) is 4.21 Å². The molecule has 0 spiro atoms. The van der Waals surface area contributed by atoms with Crippen molar-refractivity contribution >= 4 is 54.0 Å². The molecule has 8 nitrogen and oxygen atoms in total. The molecule has 11 heteroatoms. The second-order valence-corrected chi connectivity index (χ2v) is 9.44. The number of aliphatic carboxylic acids is 1. The standard InChI is InChI=1S/C18H16BrNO7S2/c1-11-18(17-14(19)3-2-4-15(17)20(11)9-16(21)22)29(25,26)27-13-7-5-12(6-8-13)10-28(23)24/h2-8H,9-10H2,1H3,(H,21,22)(H,23,24). The van der Waals surface area contributed by atoms with Crippen molar-refractivity contribution < 1.29 is 31.3 Å². The summed E-state index contributed by atoms with van der Waals surface area (Å²) in [7, 11) is -4.30. The zero-order valence-electron chi connectivity index (χ0n) is 15.0. The van der Waals surface area contributed by atoms with Crippen LogP contribution in [0.5, 0.6) is 5.75 Å². The molecule has 0 amide bonds. The highest BCUT2D eigenvalue weighted by molar-refractivity contribution is 9.10. The predicted molar refractivity (Wildman–Crippen MR) is 111 cm³/mol. The Kier molecular flexibility index (Phi) is 6.13. The van der Waals surface area contributed by atoms with Crippen LogP contribution in [0.3, 0.4) is 0 Å². The Labute approximate surface area is 177 Å². The molecule has 2 N–H and O–H groups in total. The second kappa shape index (κ2) is 8.27. The molecule has 0 radical (unpaired) electrons. The topological polar surface area (TPSA) is 123 Å². The van der Waals surface area contributed by atoms with Crippen molar-refractivity contribution in [1.82, 2.24) is 4.57 Å². The molecule has 0 fully saturated rings. The first-order chi connectivity index (χ1) is 13.6. The van der Waals surface area contributed by atoms with E-state index in [1.165, 1.54) is 35.8 Å². The van der Waals surface area contributed by atoms with Crippen molar-refractivity contribution in [3.63, 3.8) is 0 Å². The van der Waals surface area contributed by atoms with E-state index in [4.69, 9.17) is 8.74 Å². The lowest BCUT2D eigenvalue weighted by Gasteiger charge is -2.09. The van der Waals surface area contributed by atoms with Gasteiger partial charge in [-0.15, -0.1) is 0 Å². The Morgan fingerprint density at radius 1 is 1.21 bits per heavy atom. The molecule has 3 rings (SSSR count). The zero-order chi connectivity index (χ0) is 21.3. The monoisotopic (exact) mass is 501 g/mol. The fourth-order valence-electron chi connectivity index (χ4n) is 3.04. The molecule has 1 unspecified atom stereocenters. The number of benzene rings is 2. The van der Waals surface area contributed by atoms with Crippen LogP contribution >= 0.6 is 15.9 Å². The number of carboxylic acid groups (broad SMARTS) is 1. The number of carboxylic acids is 1. The van der Waals surface area contributed by atoms with E-state index in [-0.39, 0.29) is 22.1 Å². The van der Waals surface area contributed by atoms with Crippen molar-refractivity contribution in [2.24, 2.45) is 0 Å². The molecule has 2 aromatic carbocycles. The second-order valence-electron chi connectivity index (χ2n) is 6.18. The minimum Gasteiger partial charge on any atom is -0.480 e. The molecule has 1 heterocycles. The summed E-state index contributed by atoms with van der Waals surface area (Å²) < 4.78 is 53.1. The first-order valence-corrected chi connectivity index (χ1v) is 11.7. The third kappa shape index (κ3) is 4.53. The fraction of sp³-hybridized carbons (Fsp3) is 0.167. The van der Waals surface area contributed by atoms with E-state index in [1.807, 2.05) is 0 Å². The van der Waals surface area contributed by atoms with Crippen molar-refractivity contribution in [1.29, 1.82) is 0 Å². The summed E-state index contributed by atoms with van der Waals surface area (Å²) in [5.74, 6) is -1.16. The van der Waals surface area contributed by atoms with Crippen molar-refractivity contribution in [2.45, 2.75) is 24.1 Å². The summed E-state index contributed by atoms with van der Waals surface area (Å²) in [6.07, 6.45) is 0. The number of nitrogens with zero attached hydrogens (tertiary/aromatic N) is 1. The molecule has 0 aliphatic rings. The van der Waals surface area contributed by atoms with Gasteiger partial charge in [0.2, 0.25) is 0 Å². The Hall–Kier alpha value is -2.21. The molecule has 1 aromatic heterocycles. The summed E-state index contributed by atoms with van der Waals surface area (Å²) in [5, 5.41) is 9.54. The van der Waals surface area contributed by atoms with E-state index in [9.17, 15) is 22.5 Å². The molecule has 0 saturated heterocycles. The van der Waals surface area contributed by atoms with Gasteiger partial charge < -0.3 is 18.4 Å². The molecule has 0 saturated carbocycles. The van der Waals surface area contributed by atoms with Gasteiger partial charge in [-0.05, 0) is 36.8 Å². The maximum absolute atomic E-state index is 13.1. The molecular weight excluding hydrogens is 486 g/mol. The van der Waals surface area contributed by atoms with Crippen LogP contribution in [-0.4, -0.2) is 32.8 Å². The highest BCUT2D eigenvalue weighted by atomic mass is 79.9. The van der Waals surface area contributed by atoms with Crippen LogP contribution in [0.15, 0.2) is 51.8 Å². The van der Waals surface area contributed by atoms with Crippen molar-refractivity contribution in [2.75, 3.05) is 0 Å². The van der Waals surface area contributed by atoms with Gasteiger partial charge in [-0.2, -0.15) is 8.42 Å². The third-order valence-corrected chi connectivity index (χ3v) is 6.86. The summed E-state index contributed by atoms with van der Waals surface area (Å²) in [5.41, 5.74) is 1.23. The SMILES string of the molecule is Cc1c(S(=O)(=O)Oc2ccc(CS(=O)O)cc2)c2c(Br)cccc2n1CC(=O)O. The van der Waals surface area contributed by atoms with Crippen LogP contribution in [0.2, 0.25) is 0 Å². The van der Waals surface area contributed by atoms with Crippen molar-refractivity contribution in [3.8, 4) is 5.75 Å². The number of rotatable bonds is 7. The summed E-state index contributed by atoms with van der Waals surface area (Å²) in [4.78, 5) is 11.1. The summed E-state index contributed by atoms with van der Waals surface area (Å²) in [6.45, 7) is 1.12. The minimum absolute atomic E-state index is 0.0306. The molecule has 0 aliphatic heterocycles. The Morgan fingerprint density at radius 3 is 2.45 bits per heavy atom. The molecule has 3 aromatic rings. The van der Waals surface area contributed by atoms with Gasteiger partial charge in [0.05, 0.1) is 11.3 Å². The average Bonchev–Trinajstić information content (AvgIpc) is 2.90. The molecule has 29 heavy (non-hydrogen) atoms. The number of halogens is 1. The number of carbonyl (C=O) groups is 1. The van der Waals surface area contributed by atoms with Gasteiger partial charge in [0.15, 0.2) is 11.1 Å². The van der Waals surface area contributed by atoms with Crippen molar-refractivity contribution in [3.05, 3.63) is 58.2 Å². The van der Waals surface area contributed by atoms with E-state index in [1.54, 1.807) is 18.2 Å². The number of fused-ring (bicyclic) bond motifs is 1. The fourth-order valence-corrected chi connectivity index (χ4v) is 5.59. The largest absolute Gasteiger partial charge is 0.480 e. The smallest absolute Gasteiger partial charge is 0.341 e. The first kappa shape index (κ1) is 21.5. The zero-order valence-corrected chi connectivity index (χ0v) is 18.3. The van der Waals surface area contributed by atoms with Crippen LogP contribution in [0.1, 0.15) is 11.3 Å². The Morgan fingerprint density at radius 2 is 1.86 bits per heavy atom. The minimum atomic E-state index is -4.30. The first-order valence-electron chi connectivity index (χ1n) is 8.20. The van der Waals surface area contributed by atoms with Crippen LogP contribution in [0.25, 0.3) is 10.9 Å². The van der Waals surface area contributed by atoms with E-state index < -0.39 is 33.7 Å². The summed E-state index contributed by atoms with van der Waals surface area (Å²) >= 11 is 1.33. The quantitative estimate of drug-likeness (QED) is 0.376. The lowest BCUT2D eigenvalue weighted by molar-refractivity contribution is -0.137. The normalized spacial score (nSPS) is 12.8. The van der Waals surface area contributed by atoms with Gasteiger partial charge in [0, 0.05) is 15.6 Å². The molecular formula is C18H16BrNO7S2. The van der Waals surface area contributed by atoms with E-state index in [0.717, 1.165) is 0 Å². The third-order valence-electron chi connectivity index (χ3n) is 4.21. The highest BCUT2D eigenvalue weighted by Crippen LogP contribution is 2.36. The van der Waals surface area contributed by atoms with Crippen LogP contribution in [0, 0.1) is 6.92 Å². The van der Waals surface area contributed by atoms with Crippen LogP contribution in [0.4, 0.5) is 0 Å². The van der Waals surface area contributed by atoms with E-state index in [0.29, 0.717) is 20.9 Å². The van der Waals surface area contributed by atoms with Crippen LogP contribution in [-0.2, 0) is 38.3 Å². The van der Waals surface area contributed by atoms with E-state index in [2.05, 4.69) is 15.9 Å². The molecule has 1 atom stereocenters. The van der Waals surface area contributed by atoms with Gasteiger partial charge >= 0.3 is 16.1 Å². The number of hydrogen-bond donors (Lipinski definition) is 2. The van der Waals surface area contributed by atoms with E-state index >= 15 is 0 Å². The van der Waals surface area contributed by atoms with Gasteiger partial charge in [-0.3, -0.25) is 4.79 Å². The predicted octanol–water partition coefficient (Wildman–Crippen LogP) is 3.29. The van der Waals surface area contributed by atoms with Gasteiger partial charge in [0.1, 0.15) is 17.2 Å². The maximum Gasteiger partial charge on any atom is 0.341 e. The molecule has 0 aliphatic carbocycles. The highest BCUT2D eigenvalue weighted by Gasteiger charge is 2.29. The van der Waals surface area contributed by atoms with Crippen LogP contribution < -0.4 is 4.18 Å². The molecule has 154 valence electrons. The maximum atomic E-state index is 13.1. The molecule has 0 bridgehead atoms. The number of aromatic nitrogens is 1. The summed E-state index contributed by atoms with van der Waals surface area (Å²) in [6, 6.07) is 10.8.